The maximum absolute atomic E-state index is 12.3. The van der Waals surface area contributed by atoms with E-state index in [1.807, 2.05) is 0 Å². The molecule has 2 amide bonds. The lowest BCUT2D eigenvalue weighted by Gasteiger charge is -2.22. The highest BCUT2D eigenvalue weighted by Crippen LogP contribution is 2.39. The molecule has 1 aliphatic carbocycles. The van der Waals surface area contributed by atoms with Crippen LogP contribution in [0.3, 0.4) is 0 Å². The third-order valence-electron chi connectivity index (χ3n) is 4.27. The van der Waals surface area contributed by atoms with Crippen molar-refractivity contribution in [2.24, 2.45) is 17.8 Å². The Morgan fingerprint density at radius 1 is 1.21 bits per heavy atom. The van der Waals surface area contributed by atoms with E-state index in [-0.39, 0.29) is 24.2 Å². The van der Waals surface area contributed by atoms with Crippen molar-refractivity contribution in [2.75, 3.05) is 12.4 Å². The number of aliphatic hydroxyl groups excluding tert-OH is 2. The van der Waals surface area contributed by atoms with Crippen LogP contribution < -0.4 is 0 Å². The van der Waals surface area contributed by atoms with Gasteiger partial charge in [-0.05, 0) is 25.2 Å². The van der Waals surface area contributed by atoms with Crippen molar-refractivity contribution < 1.29 is 19.8 Å². The van der Waals surface area contributed by atoms with Gasteiger partial charge in [0.15, 0.2) is 0 Å². The first-order chi connectivity index (χ1) is 8.97. The summed E-state index contributed by atoms with van der Waals surface area (Å²) in [6, 6.07) is 0. The molecular formula is C13H20ClNO4. The zero-order chi connectivity index (χ0) is 14.2. The smallest absolute Gasteiger partial charge is 0.233 e. The van der Waals surface area contributed by atoms with Crippen LogP contribution in [0.5, 0.6) is 0 Å². The number of likely N-dealkylation sites (tertiary alicyclic amines) is 1. The van der Waals surface area contributed by atoms with Gasteiger partial charge in [0.05, 0.1) is 24.0 Å². The average molecular weight is 290 g/mol. The molecule has 0 radical (unpaired) electrons. The van der Waals surface area contributed by atoms with Crippen molar-refractivity contribution in [3.05, 3.63) is 0 Å². The third kappa shape index (κ3) is 2.64. The van der Waals surface area contributed by atoms with Crippen LogP contribution in [-0.2, 0) is 9.59 Å². The lowest BCUT2D eigenvalue weighted by molar-refractivity contribution is -0.140. The maximum atomic E-state index is 12.3. The van der Waals surface area contributed by atoms with Gasteiger partial charge in [0, 0.05) is 12.4 Å². The Morgan fingerprint density at radius 2 is 1.79 bits per heavy atom. The van der Waals surface area contributed by atoms with Gasteiger partial charge >= 0.3 is 0 Å². The Morgan fingerprint density at radius 3 is 2.37 bits per heavy atom. The zero-order valence-electron chi connectivity index (χ0n) is 11.0. The van der Waals surface area contributed by atoms with E-state index in [1.54, 1.807) is 6.92 Å². The maximum Gasteiger partial charge on any atom is 0.233 e. The number of amides is 2. The molecule has 0 spiro atoms. The predicted molar refractivity (Wildman–Crippen MR) is 69.4 cm³/mol. The Balaban J connectivity index is 2.17. The van der Waals surface area contributed by atoms with Crippen LogP contribution in [0.2, 0.25) is 0 Å². The Kier molecular flexibility index (Phi) is 4.48. The molecular weight excluding hydrogens is 270 g/mol. The lowest BCUT2D eigenvalue weighted by Crippen LogP contribution is -2.36. The van der Waals surface area contributed by atoms with E-state index >= 15 is 0 Å². The standard InChI is InChI=1S/C13H20ClNO4/c1-7-5-8-9(6-10(16)11(7)17)13(19)15(12(8)18)4-2-3-14/h7-11,16-17H,2-6H2,1H3. The van der Waals surface area contributed by atoms with Crippen molar-refractivity contribution in [3.8, 4) is 0 Å². The number of hydrogen-bond acceptors (Lipinski definition) is 4. The molecule has 5 atom stereocenters. The molecule has 1 aliphatic heterocycles. The molecule has 0 bridgehead atoms. The summed E-state index contributed by atoms with van der Waals surface area (Å²) in [6.45, 7) is 2.15. The van der Waals surface area contributed by atoms with Crippen molar-refractivity contribution >= 4 is 23.4 Å². The van der Waals surface area contributed by atoms with Gasteiger partial charge in [-0.2, -0.15) is 0 Å². The van der Waals surface area contributed by atoms with Gasteiger partial charge in [0.25, 0.3) is 0 Å². The van der Waals surface area contributed by atoms with Crippen molar-refractivity contribution in [1.29, 1.82) is 0 Å². The van der Waals surface area contributed by atoms with E-state index in [4.69, 9.17) is 11.6 Å². The molecule has 5 nitrogen and oxygen atoms in total. The summed E-state index contributed by atoms with van der Waals surface area (Å²) in [7, 11) is 0. The van der Waals surface area contributed by atoms with Crippen LogP contribution in [0.15, 0.2) is 0 Å². The highest BCUT2D eigenvalue weighted by Gasteiger charge is 2.51. The zero-order valence-corrected chi connectivity index (χ0v) is 11.7. The quantitative estimate of drug-likeness (QED) is 0.581. The fraction of sp³-hybridized carbons (Fsp3) is 0.846. The Hall–Kier alpha value is -0.650. The van der Waals surface area contributed by atoms with Gasteiger partial charge in [-0.15, -0.1) is 11.6 Å². The van der Waals surface area contributed by atoms with E-state index in [2.05, 4.69) is 0 Å². The van der Waals surface area contributed by atoms with E-state index in [9.17, 15) is 19.8 Å². The molecule has 108 valence electrons. The third-order valence-corrected chi connectivity index (χ3v) is 4.53. The minimum absolute atomic E-state index is 0.165. The number of carbonyl (C=O) groups is 2. The second-order valence-electron chi connectivity index (χ2n) is 5.59. The number of imide groups is 1. The number of hydrogen-bond donors (Lipinski definition) is 2. The summed E-state index contributed by atoms with van der Waals surface area (Å²) in [5.74, 6) is -1.06. The molecule has 0 aromatic rings. The first kappa shape index (κ1) is 14.8. The lowest BCUT2D eigenvalue weighted by atomic mass is 9.88. The SMILES string of the molecule is CC1CC2C(=O)N(CCCCl)C(=O)C2CC(O)C1O. The van der Waals surface area contributed by atoms with Gasteiger partial charge < -0.3 is 10.2 Å². The van der Waals surface area contributed by atoms with E-state index in [1.165, 1.54) is 4.90 Å². The van der Waals surface area contributed by atoms with Gasteiger partial charge in [-0.1, -0.05) is 6.92 Å². The van der Waals surface area contributed by atoms with Gasteiger partial charge in [0.2, 0.25) is 11.8 Å². The first-order valence-electron chi connectivity index (χ1n) is 6.74. The number of rotatable bonds is 3. The summed E-state index contributed by atoms with van der Waals surface area (Å²) < 4.78 is 0. The highest BCUT2D eigenvalue weighted by atomic mass is 35.5. The van der Waals surface area contributed by atoms with Crippen LogP contribution in [0, 0.1) is 17.8 Å². The Labute approximate surface area is 117 Å². The molecule has 0 aromatic heterocycles. The van der Waals surface area contributed by atoms with Crippen molar-refractivity contribution in [2.45, 2.75) is 38.4 Å². The van der Waals surface area contributed by atoms with Gasteiger partial charge in [-0.25, -0.2) is 0 Å². The van der Waals surface area contributed by atoms with Crippen LogP contribution >= 0.6 is 11.6 Å². The van der Waals surface area contributed by atoms with Crippen molar-refractivity contribution in [3.63, 3.8) is 0 Å². The number of carbonyl (C=O) groups excluding carboxylic acids is 2. The predicted octanol–water partition coefficient (Wildman–Crippen LogP) is 0.368. The minimum atomic E-state index is -0.935. The second kappa shape index (κ2) is 5.77. The summed E-state index contributed by atoms with van der Waals surface area (Å²) >= 11 is 5.60. The summed E-state index contributed by atoms with van der Waals surface area (Å²) in [5.41, 5.74) is 0. The first-order valence-corrected chi connectivity index (χ1v) is 7.28. The molecule has 2 rings (SSSR count). The van der Waals surface area contributed by atoms with Gasteiger partial charge in [0.1, 0.15) is 0 Å². The molecule has 1 heterocycles. The fourth-order valence-electron chi connectivity index (χ4n) is 3.14. The minimum Gasteiger partial charge on any atom is -0.390 e. The molecule has 19 heavy (non-hydrogen) atoms. The van der Waals surface area contributed by atoms with E-state index < -0.39 is 24.0 Å². The summed E-state index contributed by atoms with van der Waals surface area (Å²) in [4.78, 5) is 25.8. The summed E-state index contributed by atoms with van der Waals surface area (Å²) in [5, 5.41) is 19.7. The molecule has 5 unspecified atom stereocenters. The molecule has 1 saturated heterocycles. The number of aliphatic hydroxyl groups is 2. The number of alkyl halides is 1. The van der Waals surface area contributed by atoms with Crippen LogP contribution in [-0.4, -0.2) is 51.6 Å². The Bertz CT molecular complexity index is 346. The monoisotopic (exact) mass is 289 g/mol. The van der Waals surface area contributed by atoms with Crippen molar-refractivity contribution in [1.82, 2.24) is 4.90 Å². The fourth-order valence-corrected chi connectivity index (χ4v) is 3.26. The number of nitrogens with zero attached hydrogens (tertiary/aromatic N) is 1. The molecule has 2 fully saturated rings. The molecule has 1 saturated carbocycles. The second-order valence-corrected chi connectivity index (χ2v) is 5.97. The molecule has 6 heteroatoms. The molecule has 0 aromatic carbocycles. The average Bonchev–Trinajstić information content (AvgIpc) is 2.52. The van der Waals surface area contributed by atoms with E-state index in [0.717, 1.165) is 0 Å². The van der Waals surface area contributed by atoms with Crippen LogP contribution in [0.25, 0.3) is 0 Å². The van der Waals surface area contributed by atoms with E-state index in [0.29, 0.717) is 25.3 Å². The van der Waals surface area contributed by atoms with Gasteiger partial charge in [-0.3, -0.25) is 14.5 Å². The van der Waals surface area contributed by atoms with Crippen LogP contribution in [0.4, 0.5) is 0 Å². The highest BCUT2D eigenvalue weighted by molar-refractivity contribution is 6.17. The molecule has 2 N–H and O–H groups in total. The normalized spacial score (nSPS) is 39.4. The largest absolute Gasteiger partial charge is 0.390 e. The summed E-state index contributed by atoms with van der Waals surface area (Å²) in [6.07, 6.45) is -0.598. The number of fused-ring (bicyclic) bond motifs is 1. The molecule has 2 aliphatic rings. The topological polar surface area (TPSA) is 77.8 Å². The number of halogens is 1. The van der Waals surface area contributed by atoms with Crippen LogP contribution in [0.1, 0.15) is 26.2 Å².